The van der Waals surface area contributed by atoms with Crippen LogP contribution in [0.2, 0.25) is 0 Å². The third kappa shape index (κ3) is 3.21. The number of benzene rings is 2. The van der Waals surface area contributed by atoms with Crippen molar-refractivity contribution in [2.75, 3.05) is 18.5 Å². The lowest BCUT2D eigenvalue weighted by Crippen LogP contribution is -2.27. The van der Waals surface area contributed by atoms with Crippen LogP contribution >= 0.6 is 0 Å². The number of nitrogens with zero attached hydrogens (tertiary/aromatic N) is 2. The van der Waals surface area contributed by atoms with Crippen LogP contribution in [0.4, 0.5) is 5.69 Å². The molecule has 0 aromatic heterocycles. The molecule has 0 spiro atoms. The van der Waals surface area contributed by atoms with E-state index in [9.17, 15) is 4.79 Å². The van der Waals surface area contributed by atoms with Crippen LogP contribution in [0.15, 0.2) is 90.3 Å². The van der Waals surface area contributed by atoms with Gasteiger partial charge in [-0.1, -0.05) is 49.1 Å². The van der Waals surface area contributed by atoms with Gasteiger partial charge in [-0.3, -0.25) is 4.79 Å². The summed E-state index contributed by atoms with van der Waals surface area (Å²) in [6.07, 6.45) is 7.04. The van der Waals surface area contributed by atoms with Crippen molar-refractivity contribution in [1.29, 1.82) is 0 Å². The van der Waals surface area contributed by atoms with Crippen LogP contribution in [0.25, 0.3) is 0 Å². The van der Waals surface area contributed by atoms with Gasteiger partial charge in [0.05, 0.1) is 5.70 Å². The van der Waals surface area contributed by atoms with Crippen molar-refractivity contribution in [3.8, 4) is 0 Å². The zero-order valence-corrected chi connectivity index (χ0v) is 15.7. The van der Waals surface area contributed by atoms with E-state index in [2.05, 4.69) is 41.9 Å². The second kappa shape index (κ2) is 7.28. The molecule has 0 N–H and O–H groups in total. The first-order chi connectivity index (χ1) is 13.2. The number of likely N-dealkylation sites (N-methyl/N-ethyl adjacent to an activating group) is 1. The van der Waals surface area contributed by atoms with Crippen molar-refractivity contribution in [2.45, 2.75) is 19.3 Å². The standard InChI is InChI=1S/C24H24N2O/c1-3-18-13-14-21(17-26-16-15-19-9-7-8-12-22(19)26)23(18)25(2)24(27)20-10-5-4-6-11-20/h3-12,17H,1,13-16H2,2H3/b21-17+. The number of rotatable bonds is 4. The third-order valence-corrected chi connectivity index (χ3v) is 5.41. The zero-order valence-electron chi connectivity index (χ0n) is 15.7. The van der Waals surface area contributed by atoms with Crippen molar-refractivity contribution in [3.63, 3.8) is 0 Å². The number of hydrogen-bond acceptors (Lipinski definition) is 2. The number of hydrogen-bond donors (Lipinski definition) is 0. The lowest BCUT2D eigenvalue weighted by molar-refractivity contribution is 0.0838. The fourth-order valence-electron chi connectivity index (χ4n) is 4.03. The molecule has 1 amide bonds. The van der Waals surface area contributed by atoms with Gasteiger partial charge in [0.1, 0.15) is 0 Å². The van der Waals surface area contributed by atoms with E-state index in [0.29, 0.717) is 5.56 Å². The number of para-hydroxylation sites is 1. The molecule has 2 aromatic rings. The Kier molecular flexibility index (Phi) is 4.68. The first-order valence-electron chi connectivity index (χ1n) is 9.43. The molecule has 3 heteroatoms. The normalized spacial score (nSPS) is 17.4. The Bertz CT molecular complexity index is 940. The van der Waals surface area contributed by atoms with Gasteiger partial charge < -0.3 is 9.80 Å². The van der Waals surface area contributed by atoms with E-state index in [1.54, 1.807) is 4.90 Å². The molecule has 0 saturated carbocycles. The molecule has 0 radical (unpaired) electrons. The van der Waals surface area contributed by atoms with Gasteiger partial charge in [-0.25, -0.2) is 0 Å². The maximum Gasteiger partial charge on any atom is 0.258 e. The van der Waals surface area contributed by atoms with E-state index >= 15 is 0 Å². The van der Waals surface area contributed by atoms with Crippen LogP contribution in [0, 0.1) is 0 Å². The van der Waals surface area contributed by atoms with Crippen molar-refractivity contribution in [1.82, 2.24) is 4.90 Å². The lowest BCUT2D eigenvalue weighted by Gasteiger charge is -2.23. The highest BCUT2D eigenvalue weighted by atomic mass is 16.2. The topological polar surface area (TPSA) is 23.6 Å². The molecule has 0 atom stereocenters. The molecule has 0 saturated heterocycles. The minimum Gasteiger partial charge on any atom is -0.347 e. The summed E-state index contributed by atoms with van der Waals surface area (Å²) in [5, 5.41) is 0. The molecule has 1 aliphatic carbocycles. The molecule has 136 valence electrons. The SMILES string of the molecule is C=CC1=C(N(C)C(=O)c2ccccc2)/C(=C/N2CCc3ccccc32)CC1. The van der Waals surface area contributed by atoms with Crippen molar-refractivity contribution >= 4 is 11.6 Å². The average molecular weight is 356 g/mol. The van der Waals surface area contributed by atoms with Crippen LogP contribution in [-0.4, -0.2) is 24.4 Å². The number of anilines is 1. The summed E-state index contributed by atoms with van der Waals surface area (Å²) >= 11 is 0. The Morgan fingerprint density at radius 3 is 2.56 bits per heavy atom. The number of carbonyl (C=O) groups is 1. The molecule has 0 fully saturated rings. The van der Waals surface area contributed by atoms with E-state index in [1.165, 1.54) is 16.8 Å². The maximum absolute atomic E-state index is 13.0. The molecule has 4 rings (SSSR count). The molecular weight excluding hydrogens is 332 g/mol. The van der Waals surface area contributed by atoms with E-state index in [-0.39, 0.29) is 5.91 Å². The monoisotopic (exact) mass is 356 g/mol. The second-order valence-corrected chi connectivity index (χ2v) is 7.03. The summed E-state index contributed by atoms with van der Waals surface area (Å²) in [5.74, 6) is 0.0135. The summed E-state index contributed by atoms with van der Waals surface area (Å²) in [5.41, 5.74) is 6.70. The molecule has 2 aromatic carbocycles. The quantitative estimate of drug-likeness (QED) is 0.775. The Hall–Kier alpha value is -3.07. The number of carbonyl (C=O) groups excluding carboxylic acids is 1. The van der Waals surface area contributed by atoms with E-state index in [0.717, 1.165) is 37.1 Å². The summed E-state index contributed by atoms with van der Waals surface area (Å²) in [7, 11) is 1.87. The molecule has 27 heavy (non-hydrogen) atoms. The van der Waals surface area contributed by atoms with Gasteiger partial charge in [0, 0.05) is 31.0 Å². The predicted molar refractivity (Wildman–Crippen MR) is 111 cm³/mol. The fraction of sp³-hybridized carbons (Fsp3) is 0.208. The molecule has 1 heterocycles. The highest BCUT2D eigenvalue weighted by Gasteiger charge is 2.27. The van der Waals surface area contributed by atoms with Crippen LogP contribution in [-0.2, 0) is 6.42 Å². The predicted octanol–water partition coefficient (Wildman–Crippen LogP) is 4.94. The Morgan fingerprint density at radius 1 is 1.04 bits per heavy atom. The van der Waals surface area contributed by atoms with Crippen molar-refractivity contribution < 1.29 is 4.79 Å². The van der Waals surface area contributed by atoms with E-state index in [1.807, 2.05) is 43.5 Å². The van der Waals surface area contributed by atoms with E-state index in [4.69, 9.17) is 0 Å². The Labute approximate surface area is 160 Å². The molecular formula is C24H24N2O. The molecule has 1 aliphatic heterocycles. The first-order valence-corrected chi connectivity index (χ1v) is 9.43. The van der Waals surface area contributed by atoms with Gasteiger partial charge in [-0.2, -0.15) is 0 Å². The smallest absolute Gasteiger partial charge is 0.258 e. The molecule has 2 aliphatic rings. The lowest BCUT2D eigenvalue weighted by atomic mass is 10.1. The maximum atomic E-state index is 13.0. The fourth-order valence-corrected chi connectivity index (χ4v) is 4.03. The van der Waals surface area contributed by atoms with Gasteiger partial charge in [-0.15, -0.1) is 0 Å². The van der Waals surface area contributed by atoms with Crippen LogP contribution in [0.3, 0.4) is 0 Å². The summed E-state index contributed by atoms with van der Waals surface area (Å²) in [4.78, 5) is 17.1. The van der Waals surface area contributed by atoms with Gasteiger partial charge in [0.15, 0.2) is 0 Å². The van der Waals surface area contributed by atoms with Crippen LogP contribution < -0.4 is 4.90 Å². The van der Waals surface area contributed by atoms with E-state index < -0.39 is 0 Å². The van der Waals surface area contributed by atoms with Crippen LogP contribution in [0.5, 0.6) is 0 Å². The summed E-state index contributed by atoms with van der Waals surface area (Å²) in [6, 6.07) is 18.0. The summed E-state index contributed by atoms with van der Waals surface area (Å²) in [6.45, 7) is 4.95. The Morgan fingerprint density at radius 2 is 1.78 bits per heavy atom. The molecule has 3 nitrogen and oxygen atoms in total. The number of fused-ring (bicyclic) bond motifs is 1. The number of amides is 1. The minimum absolute atomic E-state index is 0.0135. The average Bonchev–Trinajstić information content (AvgIpc) is 3.32. The van der Waals surface area contributed by atoms with Gasteiger partial charge in [0.25, 0.3) is 5.91 Å². The Balaban J connectivity index is 1.67. The van der Waals surface area contributed by atoms with Gasteiger partial charge in [-0.05, 0) is 54.2 Å². The zero-order chi connectivity index (χ0) is 18.8. The highest BCUT2D eigenvalue weighted by Crippen LogP contribution is 2.37. The second-order valence-electron chi connectivity index (χ2n) is 7.03. The highest BCUT2D eigenvalue weighted by molar-refractivity contribution is 5.95. The first kappa shape index (κ1) is 17.3. The molecule has 0 unspecified atom stereocenters. The van der Waals surface area contributed by atoms with Gasteiger partial charge >= 0.3 is 0 Å². The third-order valence-electron chi connectivity index (χ3n) is 5.41. The summed E-state index contributed by atoms with van der Waals surface area (Å²) < 4.78 is 0. The van der Waals surface area contributed by atoms with Crippen molar-refractivity contribution in [3.05, 3.63) is 101 Å². The van der Waals surface area contributed by atoms with Crippen molar-refractivity contribution in [2.24, 2.45) is 0 Å². The van der Waals surface area contributed by atoms with Crippen LogP contribution in [0.1, 0.15) is 28.8 Å². The minimum atomic E-state index is 0.0135. The van der Waals surface area contributed by atoms with Gasteiger partial charge in [0.2, 0.25) is 0 Å². The largest absolute Gasteiger partial charge is 0.347 e. The number of allylic oxidation sites excluding steroid dienone is 3. The molecule has 0 bridgehead atoms.